The van der Waals surface area contributed by atoms with Crippen molar-refractivity contribution in [3.8, 4) is 35.2 Å². The number of rotatable bonds is 5. The van der Waals surface area contributed by atoms with Crippen molar-refractivity contribution < 1.29 is 9.47 Å². The molecule has 0 amide bonds. The minimum absolute atomic E-state index is 0.364. The van der Waals surface area contributed by atoms with Gasteiger partial charge in [-0.15, -0.1) is 0 Å². The molecule has 4 heteroatoms. The van der Waals surface area contributed by atoms with Gasteiger partial charge in [0.05, 0.1) is 12.4 Å². The molecule has 0 spiro atoms. The summed E-state index contributed by atoms with van der Waals surface area (Å²) in [6.07, 6.45) is 8.17. The highest BCUT2D eigenvalue weighted by atomic mass is 16.5. The second kappa shape index (κ2) is 9.85. The molecular weight excluding hydrogens is 276 g/mol. The molecule has 0 saturated carbocycles. The Hall–Kier alpha value is -2.98. The first kappa shape index (κ1) is 15.4. The fourth-order valence-corrected chi connectivity index (χ4v) is 1.51. The van der Waals surface area contributed by atoms with Gasteiger partial charge in [-0.3, -0.25) is 9.97 Å². The topological polar surface area (TPSA) is 44.2 Å². The highest BCUT2D eigenvalue weighted by Crippen LogP contribution is 2.05. The molecule has 0 aromatic carbocycles. The van der Waals surface area contributed by atoms with Gasteiger partial charge >= 0.3 is 0 Å². The van der Waals surface area contributed by atoms with Crippen LogP contribution in [-0.4, -0.2) is 23.2 Å². The first-order chi connectivity index (χ1) is 10.9. The Balaban J connectivity index is 1.54. The van der Waals surface area contributed by atoms with E-state index in [0.717, 1.165) is 24.3 Å². The van der Waals surface area contributed by atoms with E-state index in [9.17, 15) is 0 Å². The quantitative estimate of drug-likeness (QED) is 0.628. The number of hydrogen-bond donors (Lipinski definition) is 0. The average Bonchev–Trinajstić information content (AvgIpc) is 2.58. The van der Waals surface area contributed by atoms with Gasteiger partial charge in [0, 0.05) is 25.2 Å². The molecule has 2 aromatic heterocycles. The molecule has 0 N–H and O–H groups in total. The lowest BCUT2D eigenvalue weighted by Crippen LogP contribution is -1.94. The minimum atomic E-state index is 0.364. The third-order valence-corrected chi connectivity index (χ3v) is 2.52. The fraction of sp³-hybridized carbons (Fsp3) is 0.222. The summed E-state index contributed by atoms with van der Waals surface area (Å²) in [7, 11) is 0. The SMILES string of the molecule is C(#CCOc1cccnc1)CCC#CCOc1cccnc1. The molecule has 0 saturated heterocycles. The van der Waals surface area contributed by atoms with Crippen LogP contribution in [0.5, 0.6) is 11.5 Å². The summed E-state index contributed by atoms with van der Waals surface area (Å²) < 4.78 is 10.8. The summed E-state index contributed by atoms with van der Waals surface area (Å²) in [4.78, 5) is 7.91. The Labute approximate surface area is 130 Å². The second-order valence-electron chi connectivity index (χ2n) is 4.16. The standard InChI is InChI=1S/C18H16N2O2/c1(3-5-13-21-17-9-7-11-19-15-17)2-4-6-14-22-18-10-8-12-20-16-18/h7-12,15-16H,1-2,13-14H2. The van der Waals surface area contributed by atoms with Crippen LogP contribution in [0.1, 0.15) is 12.8 Å². The molecule has 0 fully saturated rings. The van der Waals surface area contributed by atoms with Crippen molar-refractivity contribution in [3.05, 3.63) is 49.1 Å². The Kier molecular flexibility index (Phi) is 6.90. The van der Waals surface area contributed by atoms with E-state index in [4.69, 9.17) is 9.47 Å². The fourth-order valence-electron chi connectivity index (χ4n) is 1.51. The molecule has 110 valence electrons. The van der Waals surface area contributed by atoms with Crippen molar-refractivity contribution in [2.24, 2.45) is 0 Å². The Morgan fingerprint density at radius 3 is 1.64 bits per heavy atom. The van der Waals surface area contributed by atoms with E-state index in [-0.39, 0.29) is 0 Å². The van der Waals surface area contributed by atoms with Gasteiger partial charge in [0.15, 0.2) is 0 Å². The Morgan fingerprint density at radius 2 is 1.23 bits per heavy atom. The van der Waals surface area contributed by atoms with Crippen LogP contribution >= 0.6 is 0 Å². The number of aromatic nitrogens is 2. The number of hydrogen-bond acceptors (Lipinski definition) is 4. The van der Waals surface area contributed by atoms with E-state index in [1.54, 1.807) is 24.8 Å². The van der Waals surface area contributed by atoms with Crippen molar-refractivity contribution in [1.29, 1.82) is 0 Å². The van der Waals surface area contributed by atoms with Crippen LogP contribution < -0.4 is 9.47 Å². The monoisotopic (exact) mass is 292 g/mol. The number of pyridine rings is 2. The molecule has 2 rings (SSSR count). The maximum absolute atomic E-state index is 5.40. The van der Waals surface area contributed by atoms with Gasteiger partial charge in [-0.25, -0.2) is 0 Å². The van der Waals surface area contributed by atoms with E-state index in [1.807, 2.05) is 24.3 Å². The third-order valence-electron chi connectivity index (χ3n) is 2.52. The summed E-state index contributed by atoms with van der Waals surface area (Å²) in [5, 5.41) is 0. The van der Waals surface area contributed by atoms with Crippen molar-refractivity contribution in [2.75, 3.05) is 13.2 Å². The Bertz CT molecular complexity index is 603. The Morgan fingerprint density at radius 1 is 0.727 bits per heavy atom. The van der Waals surface area contributed by atoms with Crippen molar-refractivity contribution >= 4 is 0 Å². The largest absolute Gasteiger partial charge is 0.479 e. The highest BCUT2D eigenvalue weighted by Gasteiger charge is 1.88. The van der Waals surface area contributed by atoms with Crippen molar-refractivity contribution in [2.45, 2.75) is 12.8 Å². The molecule has 4 nitrogen and oxygen atoms in total. The van der Waals surface area contributed by atoms with Crippen LogP contribution in [0.2, 0.25) is 0 Å². The molecule has 0 bridgehead atoms. The zero-order valence-electron chi connectivity index (χ0n) is 12.2. The predicted molar refractivity (Wildman–Crippen MR) is 84.3 cm³/mol. The maximum Gasteiger partial charge on any atom is 0.149 e. The summed E-state index contributed by atoms with van der Waals surface area (Å²) in [6.45, 7) is 0.729. The van der Waals surface area contributed by atoms with Gasteiger partial charge in [-0.2, -0.15) is 0 Å². The van der Waals surface area contributed by atoms with Crippen LogP contribution in [-0.2, 0) is 0 Å². The molecule has 0 aliphatic carbocycles. The molecule has 0 atom stereocenters. The van der Waals surface area contributed by atoms with Gasteiger partial charge in [0.25, 0.3) is 0 Å². The van der Waals surface area contributed by atoms with Gasteiger partial charge < -0.3 is 9.47 Å². The molecular formula is C18H16N2O2. The number of ether oxygens (including phenoxy) is 2. The molecule has 0 aliphatic rings. The summed E-state index contributed by atoms with van der Waals surface area (Å²) in [5.74, 6) is 13.4. The van der Waals surface area contributed by atoms with Crippen LogP contribution in [0.15, 0.2) is 49.1 Å². The van der Waals surface area contributed by atoms with E-state index in [0.29, 0.717) is 13.2 Å². The lowest BCUT2D eigenvalue weighted by Gasteiger charge is -1.98. The van der Waals surface area contributed by atoms with E-state index >= 15 is 0 Å². The van der Waals surface area contributed by atoms with Crippen LogP contribution in [0.25, 0.3) is 0 Å². The first-order valence-electron chi connectivity index (χ1n) is 6.92. The minimum Gasteiger partial charge on any atom is -0.479 e. The first-order valence-corrected chi connectivity index (χ1v) is 6.92. The number of unbranched alkanes of at least 4 members (excludes halogenated alkanes) is 1. The zero-order chi connectivity index (χ0) is 15.3. The van der Waals surface area contributed by atoms with E-state index in [2.05, 4.69) is 33.6 Å². The average molecular weight is 292 g/mol. The summed E-state index contributed by atoms with van der Waals surface area (Å²) in [6, 6.07) is 7.35. The third kappa shape index (κ3) is 6.45. The van der Waals surface area contributed by atoms with E-state index < -0.39 is 0 Å². The second-order valence-corrected chi connectivity index (χ2v) is 4.16. The molecule has 2 heterocycles. The molecule has 2 aromatic rings. The van der Waals surface area contributed by atoms with E-state index in [1.165, 1.54) is 0 Å². The highest BCUT2D eigenvalue weighted by molar-refractivity contribution is 5.17. The predicted octanol–water partition coefficient (Wildman–Crippen LogP) is 2.72. The lowest BCUT2D eigenvalue weighted by molar-refractivity contribution is 0.368. The molecule has 0 aliphatic heterocycles. The van der Waals surface area contributed by atoms with Crippen molar-refractivity contribution in [3.63, 3.8) is 0 Å². The van der Waals surface area contributed by atoms with Crippen molar-refractivity contribution in [1.82, 2.24) is 9.97 Å². The van der Waals surface area contributed by atoms with Gasteiger partial charge in [0.1, 0.15) is 24.7 Å². The molecule has 0 unspecified atom stereocenters. The van der Waals surface area contributed by atoms with Gasteiger partial charge in [-0.05, 0) is 24.3 Å². The van der Waals surface area contributed by atoms with Crippen LogP contribution in [0, 0.1) is 23.7 Å². The number of nitrogens with zero attached hydrogens (tertiary/aromatic N) is 2. The zero-order valence-corrected chi connectivity index (χ0v) is 12.2. The maximum atomic E-state index is 5.40. The molecule has 0 radical (unpaired) electrons. The van der Waals surface area contributed by atoms with Crippen LogP contribution in [0.4, 0.5) is 0 Å². The van der Waals surface area contributed by atoms with Gasteiger partial charge in [0.2, 0.25) is 0 Å². The summed E-state index contributed by atoms with van der Waals surface area (Å²) >= 11 is 0. The van der Waals surface area contributed by atoms with Gasteiger partial charge in [-0.1, -0.05) is 23.7 Å². The summed E-state index contributed by atoms with van der Waals surface area (Å²) in [5.41, 5.74) is 0. The molecule has 22 heavy (non-hydrogen) atoms. The lowest BCUT2D eigenvalue weighted by atomic mass is 10.3. The van der Waals surface area contributed by atoms with Crippen LogP contribution in [0.3, 0.4) is 0 Å². The smallest absolute Gasteiger partial charge is 0.149 e. The normalized spacial score (nSPS) is 8.91.